The van der Waals surface area contributed by atoms with Gasteiger partial charge in [0, 0.05) is 29.9 Å². The highest BCUT2D eigenvalue weighted by atomic mass is 19.3. The number of fused-ring (bicyclic) bond motifs is 3. The van der Waals surface area contributed by atoms with Gasteiger partial charge in [-0.1, -0.05) is 60.7 Å². The van der Waals surface area contributed by atoms with Crippen LogP contribution in [0.25, 0.3) is 0 Å². The number of halogens is 4. The van der Waals surface area contributed by atoms with Crippen LogP contribution in [0.1, 0.15) is 30.9 Å². The molecule has 3 aliphatic carbocycles. The molecule has 6 heteroatoms. The zero-order valence-electron chi connectivity index (χ0n) is 16.4. The van der Waals surface area contributed by atoms with Crippen LogP contribution in [-0.2, 0) is 15.3 Å². The van der Waals surface area contributed by atoms with Crippen LogP contribution in [0.5, 0.6) is 0 Å². The summed E-state index contributed by atoms with van der Waals surface area (Å²) in [7, 11) is 0. The summed E-state index contributed by atoms with van der Waals surface area (Å²) in [5.74, 6) is -11.2. The van der Waals surface area contributed by atoms with Gasteiger partial charge < -0.3 is 9.47 Å². The number of rotatable bonds is 4. The largest absolute Gasteiger partial charge is 0.336 e. The molecular weight excluding hydrogens is 396 g/mol. The van der Waals surface area contributed by atoms with Crippen molar-refractivity contribution in [3.8, 4) is 0 Å². The Balaban J connectivity index is 1.41. The highest BCUT2D eigenvalue weighted by molar-refractivity contribution is 5.38. The predicted molar refractivity (Wildman–Crippen MR) is 101 cm³/mol. The number of ether oxygens (including phenoxy) is 2. The molecule has 0 radical (unpaired) electrons. The lowest BCUT2D eigenvalue weighted by molar-refractivity contribution is -0.278. The van der Waals surface area contributed by atoms with Gasteiger partial charge in [0.1, 0.15) is 0 Å². The molecule has 0 amide bonds. The highest BCUT2D eigenvalue weighted by Crippen LogP contribution is 2.82. The van der Waals surface area contributed by atoms with E-state index in [-0.39, 0.29) is 23.9 Å². The number of hydrogen-bond acceptors (Lipinski definition) is 2. The van der Waals surface area contributed by atoms with Gasteiger partial charge >= 0.3 is 11.8 Å². The SMILES string of the molecule is CC(F)(F)C(F)(F)C1CC23CC2C2OC(c4ccccc4)(c4ccccc4)OC2C13. The molecule has 1 heterocycles. The van der Waals surface area contributed by atoms with Crippen LogP contribution in [-0.4, -0.2) is 24.1 Å². The van der Waals surface area contributed by atoms with Crippen molar-refractivity contribution in [2.75, 3.05) is 0 Å². The molecule has 6 rings (SSSR count). The average molecular weight is 418 g/mol. The number of hydrogen-bond donors (Lipinski definition) is 0. The Hall–Kier alpha value is -1.92. The van der Waals surface area contributed by atoms with Gasteiger partial charge in [0.15, 0.2) is 0 Å². The maximum absolute atomic E-state index is 14.7. The monoisotopic (exact) mass is 418 g/mol. The van der Waals surface area contributed by atoms with E-state index < -0.39 is 35.6 Å². The van der Waals surface area contributed by atoms with E-state index in [1.54, 1.807) is 0 Å². The normalized spacial score (nSPS) is 38.4. The molecule has 1 spiro atoms. The van der Waals surface area contributed by atoms with Crippen LogP contribution in [0.15, 0.2) is 60.7 Å². The molecule has 0 aromatic heterocycles. The summed E-state index contributed by atoms with van der Waals surface area (Å²) in [6.07, 6.45) is -0.0934. The Labute approximate surface area is 172 Å². The summed E-state index contributed by atoms with van der Waals surface area (Å²) < 4.78 is 69.9. The van der Waals surface area contributed by atoms with Gasteiger partial charge in [-0.25, -0.2) is 8.78 Å². The van der Waals surface area contributed by atoms with E-state index in [1.807, 2.05) is 60.7 Å². The van der Waals surface area contributed by atoms with Gasteiger partial charge in [-0.15, -0.1) is 0 Å². The molecule has 30 heavy (non-hydrogen) atoms. The molecule has 0 N–H and O–H groups in total. The maximum Gasteiger partial charge on any atom is 0.313 e. The third-order valence-corrected chi connectivity index (χ3v) is 7.91. The zero-order chi connectivity index (χ0) is 20.9. The third-order valence-electron chi connectivity index (χ3n) is 7.91. The lowest BCUT2D eigenvalue weighted by Crippen LogP contribution is -2.58. The quantitative estimate of drug-likeness (QED) is 0.600. The smallest absolute Gasteiger partial charge is 0.313 e. The highest BCUT2D eigenvalue weighted by Gasteiger charge is 2.85. The van der Waals surface area contributed by atoms with Crippen molar-refractivity contribution in [1.82, 2.24) is 0 Å². The van der Waals surface area contributed by atoms with E-state index in [4.69, 9.17) is 9.47 Å². The van der Waals surface area contributed by atoms with Crippen molar-refractivity contribution in [1.29, 1.82) is 0 Å². The molecule has 3 saturated carbocycles. The molecule has 0 bridgehead atoms. The summed E-state index contributed by atoms with van der Waals surface area (Å²) in [6, 6.07) is 18.8. The molecule has 2 aromatic rings. The van der Waals surface area contributed by atoms with Crippen molar-refractivity contribution in [3.63, 3.8) is 0 Å². The second-order valence-electron chi connectivity index (χ2n) is 9.41. The molecule has 1 saturated heterocycles. The first-order valence-electron chi connectivity index (χ1n) is 10.4. The molecule has 2 nitrogen and oxygen atoms in total. The van der Waals surface area contributed by atoms with Crippen LogP contribution in [0.3, 0.4) is 0 Å². The lowest BCUT2D eigenvalue weighted by Gasteiger charge is -2.50. The minimum atomic E-state index is -4.06. The Morgan fingerprint density at radius 1 is 0.800 bits per heavy atom. The minimum Gasteiger partial charge on any atom is -0.336 e. The van der Waals surface area contributed by atoms with Gasteiger partial charge in [-0.05, 0) is 24.2 Å². The topological polar surface area (TPSA) is 18.5 Å². The second kappa shape index (κ2) is 5.65. The minimum absolute atomic E-state index is 0.0966. The molecule has 158 valence electrons. The van der Waals surface area contributed by atoms with Gasteiger partial charge in [0.2, 0.25) is 5.79 Å². The maximum atomic E-state index is 14.7. The molecule has 1 aliphatic heterocycles. The standard InChI is InChI=1S/C24H22F4O2/c1-21(25,26)24(27,28)16-12-22-13-17(22)19-20(18(16)22)30-23(29-19,14-8-4-2-5-9-14)15-10-6-3-7-11-15/h2-11,16-20H,12-13H2,1H3. The van der Waals surface area contributed by atoms with Crippen molar-refractivity contribution < 1.29 is 27.0 Å². The van der Waals surface area contributed by atoms with Crippen LogP contribution in [0.4, 0.5) is 17.6 Å². The van der Waals surface area contributed by atoms with Gasteiger partial charge in [0.05, 0.1) is 12.2 Å². The average Bonchev–Trinajstić information content (AvgIpc) is 3.30. The van der Waals surface area contributed by atoms with E-state index in [2.05, 4.69) is 0 Å². The molecule has 6 atom stereocenters. The van der Waals surface area contributed by atoms with E-state index in [0.717, 1.165) is 17.5 Å². The number of benzene rings is 2. The fourth-order valence-electron chi connectivity index (χ4n) is 6.45. The van der Waals surface area contributed by atoms with E-state index in [0.29, 0.717) is 6.92 Å². The van der Waals surface area contributed by atoms with Gasteiger partial charge in [0.25, 0.3) is 0 Å². The fraction of sp³-hybridized carbons (Fsp3) is 0.500. The lowest BCUT2D eigenvalue weighted by atomic mass is 9.58. The Bertz CT molecular complexity index is 934. The van der Waals surface area contributed by atoms with E-state index in [1.165, 1.54) is 0 Å². The van der Waals surface area contributed by atoms with Crippen molar-refractivity contribution in [3.05, 3.63) is 71.8 Å². The van der Waals surface area contributed by atoms with E-state index >= 15 is 0 Å². The van der Waals surface area contributed by atoms with Crippen molar-refractivity contribution >= 4 is 0 Å². The van der Waals surface area contributed by atoms with Gasteiger partial charge in [-0.3, -0.25) is 0 Å². The second-order valence-corrected chi connectivity index (χ2v) is 9.41. The predicted octanol–water partition coefficient (Wildman–Crippen LogP) is 5.62. The fourth-order valence-corrected chi connectivity index (χ4v) is 6.45. The Kier molecular flexibility index (Phi) is 3.55. The third kappa shape index (κ3) is 2.16. The van der Waals surface area contributed by atoms with Gasteiger partial charge in [-0.2, -0.15) is 8.78 Å². The summed E-state index contributed by atoms with van der Waals surface area (Å²) in [5, 5.41) is 0. The molecular formula is C24H22F4O2. The van der Waals surface area contributed by atoms with Crippen LogP contribution in [0.2, 0.25) is 0 Å². The molecule has 2 aromatic carbocycles. The van der Waals surface area contributed by atoms with E-state index in [9.17, 15) is 17.6 Å². The summed E-state index contributed by atoms with van der Waals surface area (Å²) in [4.78, 5) is 0. The Morgan fingerprint density at radius 2 is 1.33 bits per heavy atom. The Morgan fingerprint density at radius 3 is 1.87 bits per heavy atom. The summed E-state index contributed by atoms with van der Waals surface area (Å²) in [5.41, 5.74) is 1.24. The molecule has 6 unspecified atom stereocenters. The molecule has 4 fully saturated rings. The summed E-state index contributed by atoms with van der Waals surface area (Å²) >= 11 is 0. The number of alkyl halides is 4. The zero-order valence-corrected chi connectivity index (χ0v) is 16.4. The van der Waals surface area contributed by atoms with Crippen LogP contribution >= 0.6 is 0 Å². The first-order valence-corrected chi connectivity index (χ1v) is 10.4. The van der Waals surface area contributed by atoms with Crippen molar-refractivity contribution in [2.45, 2.75) is 49.6 Å². The first kappa shape index (κ1) is 18.8. The van der Waals surface area contributed by atoms with Crippen molar-refractivity contribution in [2.24, 2.45) is 23.2 Å². The van der Waals surface area contributed by atoms with Crippen LogP contribution < -0.4 is 0 Å². The van der Waals surface area contributed by atoms with Crippen LogP contribution in [0, 0.1) is 23.2 Å². The molecule has 4 aliphatic rings. The first-order chi connectivity index (χ1) is 14.2. The summed E-state index contributed by atoms with van der Waals surface area (Å²) in [6.45, 7) is 0.318.